The molecule has 21 heavy (non-hydrogen) atoms. The smallest absolute Gasteiger partial charge is 0.233 e. The van der Waals surface area contributed by atoms with Gasteiger partial charge in [0.1, 0.15) is 11.4 Å². The lowest BCUT2D eigenvalue weighted by molar-refractivity contribution is 1.33. The van der Waals surface area contributed by atoms with Gasteiger partial charge in [-0.2, -0.15) is 8.75 Å². The largest absolute Gasteiger partial charge is 0.285 e. The lowest BCUT2D eigenvalue weighted by Gasteiger charge is -2.04. The number of aryl methyl sites for hydroxylation is 2. The number of aromatic nitrogens is 2. The molecule has 0 bridgehead atoms. The first-order chi connectivity index (χ1) is 10.1. The SMILES string of the molecule is Cc1cccc(-c2nsnc(-c3cccc(C)c3)c2=O)c1. The molecule has 0 N–H and O–H groups in total. The van der Waals surface area contributed by atoms with E-state index in [4.69, 9.17) is 0 Å². The van der Waals surface area contributed by atoms with Crippen LogP contribution in [0.1, 0.15) is 11.1 Å². The van der Waals surface area contributed by atoms with Crippen LogP contribution in [0.25, 0.3) is 22.5 Å². The van der Waals surface area contributed by atoms with Crippen LogP contribution in [0.2, 0.25) is 0 Å². The van der Waals surface area contributed by atoms with Crippen LogP contribution >= 0.6 is 11.7 Å². The van der Waals surface area contributed by atoms with E-state index < -0.39 is 0 Å². The Hall–Kier alpha value is -2.33. The summed E-state index contributed by atoms with van der Waals surface area (Å²) in [5.74, 6) is 0. The van der Waals surface area contributed by atoms with Crippen LogP contribution in [0.5, 0.6) is 0 Å². The van der Waals surface area contributed by atoms with Gasteiger partial charge in [-0.15, -0.1) is 0 Å². The Bertz CT molecular complexity index is 788. The van der Waals surface area contributed by atoms with Crippen molar-refractivity contribution in [3.05, 3.63) is 69.9 Å². The summed E-state index contributed by atoms with van der Waals surface area (Å²) in [6, 6.07) is 15.6. The van der Waals surface area contributed by atoms with Gasteiger partial charge in [0.15, 0.2) is 0 Å². The maximum atomic E-state index is 12.7. The molecule has 3 rings (SSSR count). The third-order valence-electron chi connectivity index (χ3n) is 3.28. The molecule has 0 aliphatic rings. The highest BCUT2D eigenvalue weighted by atomic mass is 32.1. The lowest BCUT2D eigenvalue weighted by atomic mass is 10.0. The molecular weight excluding hydrogens is 280 g/mol. The summed E-state index contributed by atoms with van der Waals surface area (Å²) in [5.41, 5.74) is 4.70. The molecule has 0 aliphatic carbocycles. The van der Waals surface area contributed by atoms with E-state index in [0.717, 1.165) is 34.0 Å². The van der Waals surface area contributed by atoms with Crippen molar-refractivity contribution in [1.82, 2.24) is 8.75 Å². The minimum atomic E-state index is -0.120. The summed E-state index contributed by atoms with van der Waals surface area (Å²) in [5, 5.41) is 0. The van der Waals surface area contributed by atoms with E-state index in [1.165, 1.54) is 0 Å². The maximum Gasteiger partial charge on any atom is 0.233 e. The summed E-state index contributed by atoms with van der Waals surface area (Å²) in [4.78, 5) is 12.7. The second-order valence-corrected chi connectivity index (χ2v) is 5.56. The Kier molecular flexibility index (Phi) is 3.62. The van der Waals surface area contributed by atoms with Crippen molar-refractivity contribution in [2.75, 3.05) is 0 Å². The van der Waals surface area contributed by atoms with Crippen LogP contribution < -0.4 is 5.43 Å². The summed E-state index contributed by atoms with van der Waals surface area (Å²) in [6.45, 7) is 4.00. The second-order valence-electron chi connectivity index (χ2n) is 5.03. The van der Waals surface area contributed by atoms with Gasteiger partial charge in [0.25, 0.3) is 0 Å². The number of hydrogen-bond donors (Lipinski definition) is 0. The molecular formula is C17H14N2OS. The average Bonchev–Trinajstić information content (AvgIpc) is 2.47. The van der Waals surface area contributed by atoms with E-state index in [9.17, 15) is 4.79 Å². The van der Waals surface area contributed by atoms with Crippen LogP contribution in [0.4, 0.5) is 0 Å². The second kappa shape index (κ2) is 5.58. The van der Waals surface area contributed by atoms with Gasteiger partial charge in [-0.3, -0.25) is 4.79 Å². The van der Waals surface area contributed by atoms with E-state index in [-0.39, 0.29) is 5.43 Å². The molecule has 0 aliphatic heterocycles. The average molecular weight is 294 g/mol. The number of hydrogen-bond acceptors (Lipinski definition) is 4. The van der Waals surface area contributed by atoms with E-state index in [2.05, 4.69) is 8.75 Å². The van der Waals surface area contributed by atoms with Gasteiger partial charge in [0.2, 0.25) is 5.43 Å². The van der Waals surface area contributed by atoms with Gasteiger partial charge in [0.05, 0.1) is 11.7 Å². The molecule has 0 fully saturated rings. The van der Waals surface area contributed by atoms with Crippen LogP contribution in [-0.4, -0.2) is 8.75 Å². The Morgan fingerprint density at radius 3 is 1.71 bits per heavy atom. The van der Waals surface area contributed by atoms with Crippen molar-refractivity contribution in [3.8, 4) is 22.5 Å². The molecule has 0 saturated carbocycles. The minimum absolute atomic E-state index is 0.120. The fraction of sp³-hybridized carbons (Fsp3) is 0.118. The molecule has 0 saturated heterocycles. The number of nitrogens with zero attached hydrogens (tertiary/aromatic N) is 2. The first kappa shape index (κ1) is 13.6. The van der Waals surface area contributed by atoms with E-state index in [0.29, 0.717) is 11.4 Å². The first-order valence-electron chi connectivity index (χ1n) is 6.66. The van der Waals surface area contributed by atoms with E-state index >= 15 is 0 Å². The molecule has 0 atom stereocenters. The highest BCUT2D eigenvalue weighted by Gasteiger charge is 2.12. The topological polar surface area (TPSA) is 42.9 Å². The van der Waals surface area contributed by atoms with Crippen molar-refractivity contribution in [1.29, 1.82) is 0 Å². The zero-order valence-corrected chi connectivity index (χ0v) is 12.6. The van der Waals surface area contributed by atoms with Gasteiger partial charge in [-0.1, -0.05) is 47.5 Å². The zero-order valence-electron chi connectivity index (χ0n) is 11.8. The fourth-order valence-electron chi connectivity index (χ4n) is 2.25. The third-order valence-corrected chi connectivity index (χ3v) is 3.81. The third kappa shape index (κ3) is 2.76. The van der Waals surface area contributed by atoms with Gasteiger partial charge >= 0.3 is 0 Å². The minimum Gasteiger partial charge on any atom is -0.285 e. The molecule has 1 aromatic heterocycles. The van der Waals surface area contributed by atoms with Crippen LogP contribution in [0.3, 0.4) is 0 Å². The van der Waals surface area contributed by atoms with E-state index in [1.807, 2.05) is 62.4 Å². The summed E-state index contributed by atoms with van der Waals surface area (Å²) in [7, 11) is 0. The molecule has 3 nitrogen and oxygen atoms in total. The molecule has 104 valence electrons. The Morgan fingerprint density at radius 2 is 1.29 bits per heavy atom. The van der Waals surface area contributed by atoms with Crippen molar-refractivity contribution in [3.63, 3.8) is 0 Å². The summed E-state index contributed by atoms with van der Waals surface area (Å²) in [6.07, 6.45) is 0. The van der Waals surface area contributed by atoms with Crippen LogP contribution in [0.15, 0.2) is 53.3 Å². The predicted octanol–water partition coefficient (Wildman–Crippen LogP) is 3.85. The summed E-state index contributed by atoms with van der Waals surface area (Å²) < 4.78 is 8.43. The highest BCUT2D eigenvalue weighted by molar-refractivity contribution is 6.99. The van der Waals surface area contributed by atoms with Gasteiger partial charge in [-0.05, 0) is 26.0 Å². The van der Waals surface area contributed by atoms with Crippen LogP contribution in [-0.2, 0) is 0 Å². The normalized spacial score (nSPS) is 10.6. The zero-order chi connectivity index (χ0) is 14.8. The van der Waals surface area contributed by atoms with Crippen molar-refractivity contribution < 1.29 is 0 Å². The molecule has 0 spiro atoms. The molecule has 2 aromatic carbocycles. The monoisotopic (exact) mass is 294 g/mol. The van der Waals surface area contributed by atoms with E-state index in [1.54, 1.807) is 0 Å². The molecule has 0 unspecified atom stereocenters. The number of rotatable bonds is 2. The Labute approximate surface area is 127 Å². The van der Waals surface area contributed by atoms with Crippen molar-refractivity contribution >= 4 is 11.7 Å². The highest BCUT2D eigenvalue weighted by Crippen LogP contribution is 2.20. The standard InChI is InChI=1S/C17H14N2OS/c1-11-5-3-7-13(9-11)15-17(20)16(19-21-18-15)14-8-4-6-12(2)10-14/h3-10H,1-2H3. The summed E-state index contributed by atoms with van der Waals surface area (Å²) >= 11 is 1.07. The lowest BCUT2D eigenvalue weighted by Crippen LogP contribution is -2.10. The molecule has 0 radical (unpaired) electrons. The van der Waals surface area contributed by atoms with Gasteiger partial charge in [0, 0.05) is 11.1 Å². The Balaban J connectivity index is 2.18. The van der Waals surface area contributed by atoms with Crippen LogP contribution in [0, 0.1) is 13.8 Å². The van der Waals surface area contributed by atoms with Crippen molar-refractivity contribution in [2.45, 2.75) is 13.8 Å². The first-order valence-corrected chi connectivity index (χ1v) is 7.39. The fourth-order valence-corrected chi connectivity index (χ4v) is 2.83. The van der Waals surface area contributed by atoms with Gasteiger partial charge in [-0.25, -0.2) is 0 Å². The van der Waals surface area contributed by atoms with Gasteiger partial charge < -0.3 is 0 Å². The maximum absolute atomic E-state index is 12.7. The quantitative estimate of drug-likeness (QED) is 0.721. The molecule has 0 amide bonds. The number of benzene rings is 2. The van der Waals surface area contributed by atoms with Crippen molar-refractivity contribution in [2.24, 2.45) is 0 Å². The Morgan fingerprint density at radius 1 is 0.810 bits per heavy atom. The molecule has 3 aromatic rings. The molecule has 4 heteroatoms. The predicted molar refractivity (Wildman–Crippen MR) is 86.5 cm³/mol. The molecule has 1 heterocycles.